The van der Waals surface area contributed by atoms with Crippen LogP contribution < -0.4 is 19.9 Å². The van der Waals surface area contributed by atoms with Gasteiger partial charge in [0.1, 0.15) is 23.0 Å². The van der Waals surface area contributed by atoms with Crippen LogP contribution >= 0.6 is 23.2 Å². The Hall–Kier alpha value is -5.82. The highest BCUT2D eigenvalue weighted by Gasteiger charge is 2.38. The van der Waals surface area contributed by atoms with E-state index >= 15 is 4.79 Å². The molecule has 9 rings (SSSR count). The number of nitrogens with one attached hydrogen (secondary N) is 1. The summed E-state index contributed by atoms with van der Waals surface area (Å²) in [6.45, 7) is 18.9. The topological polar surface area (TPSA) is 112 Å². The zero-order valence-electron chi connectivity index (χ0n) is 38.4. The van der Waals surface area contributed by atoms with E-state index < -0.39 is 5.97 Å². The maximum Gasteiger partial charge on any atom is 0.354 e. The number of esters is 1. The summed E-state index contributed by atoms with van der Waals surface area (Å²) >= 11 is 13.7. The Labute approximate surface area is 390 Å². The number of benzene rings is 3. The minimum Gasteiger partial charge on any atom is -0.494 e. The van der Waals surface area contributed by atoms with Gasteiger partial charge in [0.25, 0.3) is 5.91 Å². The van der Waals surface area contributed by atoms with Crippen molar-refractivity contribution in [2.75, 3.05) is 55.7 Å². The molecule has 1 saturated heterocycles. The molecule has 65 heavy (non-hydrogen) atoms. The van der Waals surface area contributed by atoms with Gasteiger partial charge < -0.3 is 33.7 Å². The fraction of sp³-hybridized carbons (Fsp3) is 0.373. The lowest BCUT2D eigenvalue weighted by Gasteiger charge is -2.35. The van der Waals surface area contributed by atoms with Crippen LogP contribution in [0.4, 0.5) is 11.5 Å². The molecule has 3 aromatic carbocycles. The summed E-state index contributed by atoms with van der Waals surface area (Å²) in [5.41, 5.74) is 11.8. The van der Waals surface area contributed by atoms with Crippen molar-refractivity contribution in [1.29, 1.82) is 0 Å². The number of rotatable bonds is 12. The molecule has 1 amide bonds. The monoisotopic (exact) mass is 914 g/mol. The lowest BCUT2D eigenvalue weighted by molar-refractivity contribution is 0.0515. The van der Waals surface area contributed by atoms with Crippen LogP contribution in [0.3, 0.4) is 0 Å². The average molecular weight is 916 g/mol. The largest absolute Gasteiger partial charge is 0.494 e. The average Bonchev–Trinajstić information content (AvgIpc) is 3.90. The van der Waals surface area contributed by atoms with E-state index in [1.165, 1.54) is 0 Å². The quantitative estimate of drug-likeness (QED) is 0.0953. The second-order valence-electron chi connectivity index (χ2n) is 17.6. The number of ether oxygens (including phenoxy) is 2. The molecule has 0 saturated carbocycles. The first-order chi connectivity index (χ1) is 31.2. The number of carbonyl (C=O) groups is 2. The number of amides is 1. The fourth-order valence-electron chi connectivity index (χ4n) is 10.0. The Bertz CT molecular complexity index is 2990. The molecule has 1 fully saturated rings. The summed E-state index contributed by atoms with van der Waals surface area (Å²) in [6.07, 6.45) is 1.22. The molecule has 0 spiro atoms. The lowest BCUT2D eigenvalue weighted by Crippen LogP contribution is -2.44. The van der Waals surface area contributed by atoms with Gasteiger partial charge in [-0.25, -0.2) is 9.78 Å². The molecule has 14 heteroatoms. The summed E-state index contributed by atoms with van der Waals surface area (Å²) in [6, 6.07) is 19.8. The van der Waals surface area contributed by atoms with E-state index in [-0.39, 0.29) is 18.6 Å². The number of hydrogen-bond donors (Lipinski definition) is 1. The van der Waals surface area contributed by atoms with Gasteiger partial charge >= 0.3 is 5.97 Å². The molecule has 0 bridgehead atoms. The molecule has 2 aliphatic heterocycles. The van der Waals surface area contributed by atoms with Gasteiger partial charge in [-0.1, -0.05) is 35.3 Å². The summed E-state index contributed by atoms with van der Waals surface area (Å²) in [5, 5.41) is 11.3. The van der Waals surface area contributed by atoms with E-state index in [0.29, 0.717) is 48.9 Å². The second-order valence-corrected chi connectivity index (χ2v) is 18.3. The minimum atomic E-state index is -0.428. The second kappa shape index (κ2) is 17.9. The number of aromatic nitrogens is 5. The standard InChI is InChI=1S/C51H56Cl2N8O4/c1-9-64-51(63)42-26-35-22-29(2)23-41(47(35)59(42)28-36-12-10-14-43(55-36)58-19-17-54-18-20-58)60-27-32(5)61-48-39(15-16-40(52)45(48)44-33(6)56-57(8)34(44)7)38(49(61)50(60)62)13-11-21-65-37-24-30(3)46(53)31(4)25-37/h10,12,14-16,22-26,32,54H,9,11,13,17-21,27-28H2,1-8H3/t32-/m1/s1. The molecule has 0 radical (unpaired) electrons. The van der Waals surface area contributed by atoms with Crippen molar-refractivity contribution in [2.45, 2.75) is 73.9 Å². The molecule has 0 unspecified atom stereocenters. The zero-order chi connectivity index (χ0) is 45.8. The number of carbonyl (C=O) groups excluding carboxylic acids is 2. The SMILES string of the molecule is CCOC(=O)c1cc2cc(C)cc(N3C[C@@H](C)n4c(c(CCCOc5cc(C)c(Cl)c(C)c5)c5ccc(Cl)c(-c6c(C)nn(C)c6C)c54)C3=O)c2n1Cc1cccc(N2CCNCC2)n1. The Morgan fingerprint density at radius 1 is 0.938 bits per heavy atom. The molecular weight excluding hydrogens is 860 g/mol. The van der Waals surface area contributed by atoms with Crippen LogP contribution in [0.15, 0.2) is 60.7 Å². The molecule has 1 atom stereocenters. The van der Waals surface area contributed by atoms with Crippen molar-refractivity contribution in [2.24, 2.45) is 7.05 Å². The summed E-state index contributed by atoms with van der Waals surface area (Å²) in [4.78, 5) is 38.9. The van der Waals surface area contributed by atoms with Gasteiger partial charge in [0.05, 0.1) is 52.9 Å². The number of fused-ring (bicyclic) bond motifs is 4. The molecule has 4 aromatic heterocycles. The number of pyridine rings is 1. The number of aryl methyl sites for hydroxylation is 6. The number of piperazine rings is 1. The van der Waals surface area contributed by atoms with E-state index in [1.807, 2.05) is 98.3 Å². The van der Waals surface area contributed by atoms with Crippen LogP contribution in [0, 0.1) is 34.6 Å². The molecule has 12 nitrogen and oxygen atoms in total. The molecule has 2 aliphatic rings. The van der Waals surface area contributed by atoms with Gasteiger partial charge in [-0.15, -0.1) is 0 Å². The smallest absolute Gasteiger partial charge is 0.354 e. The van der Waals surface area contributed by atoms with Crippen molar-refractivity contribution < 1.29 is 19.1 Å². The van der Waals surface area contributed by atoms with E-state index in [9.17, 15) is 4.79 Å². The molecule has 7 aromatic rings. The van der Waals surface area contributed by atoms with Crippen LogP contribution in [0.1, 0.15) is 86.6 Å². The van der Waals surface area contributed by atoms with Gasteiger partial charge in [0.2, 0.25) is 0 Å². The van der Waals surface area contributed by atoms with Crippen molar-refractivity contribution in [1.82, 2.24) is 29.2 Å². The highest BCUT2D eigenvalue weighted by molar-refractivity contribution is 6.35. The van der Waals surface area contributed by atoms with Crippen LogP contribution in [0.5, 0.6) is 5.75 Å². The molecule has 338 valence electrons. The Morgan fingerprint density at radius 2 is 1.69 bits per heavy atom. The van der Waals surface area contributed by atoms with E-state index in [0.717, 1.165) is 121 Å². The van der Waals surface area contributed by atoms with Gasteiger partial charge in [-0.05, 0) is 132 Å². The van der Waals surface area contributed by atoms with Gasteiger partial charge in [0.15, 0.2) is 0 Å². The summed E-state index contributed by atoms with van der Waals surface area (Å²) in [5.74, 6) is 1.11. The maximum atomic E-state index is 15.8. The molecular formula is C51H56Cl2N8O4. The Morgan fingerprint density at radius 3 is 2.40 bits per heavy atom. The van der Waals surface area contributed by atoms with Crippen molar-refractivity contribution in [3.05, 3.63) is 121 Å². The lowest BCUT2D eigenvalue weighted by atomic mass is 9.98. The Balaban J connectivity index is 1.19. The van der Waals surface area contributed by atoms with Crippen LogP contribution in [0.25, 0.3) is 32.9 Å². The highest BCUT2D eigenvalue weighted by atomic mass is 35.5. The first kappa shape index (κ1) is 44.4. The third-order valence-electron chi connectivity index (χ3n) is 13.0. The Kier molecular flexibility index (Phi) is 12.2. The summed E-state index contributed by atoms with van der Waals surface area (Å²) in [7, 11) is 1.94. The van der Waals surface area contributed by atoms with Crippen molar-refractivity contribution >= 4 is 68.4 Å². The number of halogens is 2. The van der Waals surface area contributed by atoms with Gasteiger partial charge in [-0.2, -0.15) is 5.10 Å². The number of nitrogens with zero attached hydrogens (tertiary/aromatic N) is 7. The van der Waals surface area contributed by atoms with Gasteiger partial charge in [0, 0.05) is 78.4 Å². The first-order valence-electron chi connectivity index (χ1n) is 22.6. The normalized spacial score (nSPS) is 15.4. The van der Waals surface area contributed by atoms with Crippen LogP contribution in [0.2, 0.25) is 10.0 Å². The highest BCUT2D eigenvalue weighted by Crippen LogP contribution is 2.46. The van der Waals surface area contributed by atoms with E-state index in [4.69, 9.17) is 42.8 Å². The predicted molar refractivity (Wildman–Crippen MR) is 261 cm³/mol. The van der Waals surface area contributed by atoms with Crippen LogP contribution in [-0.4, -0.2) is 81.7 Å². The third-order valence-corrected chi connectivity index (χ3v) is 13.9. The number of hydrogen-bond acceptors (Lipinski definition) is 8. The van der Waals surface area contributed by atoms with Crippen molar-refractivity contribution in [3.8, 4) is 16.9 Å². The molecule has 6 heterocycles. The van der Waals surface area contributed by atoms with Crippen LogP contribution in [-0.2, 0) is 24.8 Å². The first-order valence-corrected chi connectivity index (χ1v) is 23.3. The van der Waals surface area contributed by atoms with Crippen molar-refractivity contribution in [3.63, 3.8) is 0 Å². The molecule has 1 N–H and O–H groups in total. The summed E-state index contributed by atoms with van der Waals surface area (Å²) < 4.78 is 18.1. The maximum absolute atomic E-state index is 15.8. The van der Waals surface area contributed by atoms with E-state index in [2.05, 4.69) is 46.8 Å². The zero-order valence-corrected chi connectivity index (χ0v) is 40.0. The third kappa shape index (κ3) is 8.03. The fourth-order valence-corrected chi connectivity index (χ4v) is 10.4. The van der Waals surface area contributed by atoms with E-state index in [1.54, 1.807) is 0 Å². The minimum absolute atomic E-state index is 0.128. The number of anilines is 2. The molecule has 0 aliphatic carbocycles. The predicted octanol–water partition coefficient (Wildman–Crippen LogP) is 10.1. The van der Waals surface area contributed by atoms with Gasteiger partial charge in [-0.3, -0.25) is 9.48 Å².